The van der Waals surface area contributed by atoms with Crippen molar-refractivity contribution >= 4 is 16.4 Å². The molecule has 0 saturated carbocycles. The summed E-state index contributed by atoms with van der Waals surface area (Å²) in [5, 5.41) is 10.3. The van der Waals surface area contributed by atoms with Gasteiger partial charge in [-0.05, 0) is 14.1 Å². The van der Waals surface area contributed by atoms with E-state index in [1.54, 1.807) is 18.8 Å². The number of hydrogen-bond donors (Lipinski definition) is 1. The van der Waals surface area contributed by atoms with Crippen LogP contribution in [-0.2, 0) is 15.2 Å². The molecule has 0 bridgehead atoms. The third kappa shape index (κ3) is 15.7. The van der Waals surface area contributed by atoms with E-state index in [9.17, 15) is 35.4 Å². The molecule has 0 aromatic rings. The molecule has 12 heteroatoms. The summed E-state index contributed by atoms with van der Waals surface area (Å²) in [5.74, 6) is -1.17. The van der Waals surface area contributed by atoms with Crippen molar-refractivity contribution in [1.82, 2.24) is 9.62 Å². The molecule has 0 aromatic carbocycles. The molecule has 0 aromatic heterocycles. The smallest absolute Gasteiger partial charge is 0.372 e. The lowest BCUT2D eigenvalue weighted by Gasteiger charge is -2.29. The van der Waals surface area contributed by atoms with E-state index in [0.29, 0.717) is 17.9 Å². The van der Waals surface area contributed by atoms with E-state index >= 15 is 0 Å². The van der Waals surface area contributed by atoms with Crippen LogP contribution < -0.4 is 9.83 Å². The van der Waals surface area contributed by atoms with Crippen LogP contribution in [0.15, 0.2) is 0 Å². The van der Waals surface area contributed by atoms with E-state index in [0.717, 1.165) is 14.1 Å². The molecule has 0 radical (unpaired) electrons. The van der Waals surface area contributed by atoms with Crippen LogP contribution in [0.5, 0.6) is 0 Å². The van der Waals surface area contributed by atoms with Crippen LogP contribution in [0.25, 0.3) is 0 Å². The molecular formula is C11H23F4N3O4S. The van der Waals surface area contributed by atoms with Crippen molar-refractivity contribution < 1.29 is 39.9 Å². The molecule has 0 aliphatic rings. The second kappa shape index (κ2) is 10.0. The van der Waals surface area contributed by atoms with E-state index < -0.39 is 29.1 Å². The van der Waals surface area contributed by atoms with Crippen molar-refractivity contribution in [2.45, 2.75) is 12.5 Å². The fourth-order valence-corrected chi connectivity index (χ4v) is 1.64. The van der Waals surface area contributed by atoms with E-state index in [4.69, 9.17) is 0 Å². The Bertz CT molecular complexity index is 458. The van der Waals surface area contributed by atoms with Crippen LogP contribution in [0, 0.1) is 0 Å². The molecule has 0 rings (SSSR count). The summed E-state index contributed by atoms with van der Waals surface area (Å²) < 4.78 is 68.8. The zero-order chi connectivity index (χ0) is 18.9. The van der Waals surface area contributed by atoms with Gasteiger partial charge in [0, 0.05) is 13.0 Å². The highest BCUT2D eigenvalue weighted by Crippen LogP contribution is 2.15. The molecule has 0 unspecified atom stereocenters. The quantitative estimate of drug-likeness (QED) is 0.187. The van der Waals surface area contributed by atoms with Gasteiger partial charge in [0.25, 0.3) is 0 Å². The lowest BCUT2D eigenvalue weighted by atomic mass is 10.3. The number of alkyl halides is 3. The van der Waals surface area contributed by atoms with E-state index in [-0.39, 0.29) is 17.6 Å². The number of nitrogens with one attached hydrogen (secondary N) is 1. The molecule has 140 valence electrons. The van der Waals surface area contributed by atoms with Crippen LogP contribution in [0.3, 0.4) is 0 Å². The maximum atomic E-state index is 12.0. The van der Waals surface area contributed by atoms with Gasteiger partial charge in [-0.15, -0.1) is 0 Å². The third-order valence-electron chi connectivity index (χ3n) is 2.59. The lowest BCUT2D eigenvalue weighted by Crippen LogP contribution is -2.49. The number of carbonyl (C=O) groups excluding carboxylic acids is 1. The molecule has 23 heavy (non-hydrogen) atoms. The number of nitrogens with zero attached hydrogens (tertiary/aromatic N) is 2. The minimum atomic E-state index is -4.65. The Labute approximate surface area is 133 Å². The van der Waals surface area contributed by atoms with Gasteiger partial charge in [-0.3, -0.25) is 0 Å². The Morgan fingerprint density at radius 2 is 1.78 bits per heavy atom. The van der Waals surface area contributed by atoms with Crippen LogP contribution >= 0.6 is 0 Å². The molecule has 0 atom stereocenters. The highest BCUT2D eigenvalue weighted by atomic mass is 32.3. The topological polar surface area (TPSA) is 89.5 Å². The monoisotopic (exact) mass is 369 g/mol. The zero-order valence-electron chi connectivity index (χ0n) is 13.5. The number of aliphatic carboxylic acids is 1. The second-order valence-electron chi connectivity index (χ2n) is 5.57. The van der Waals surface area contributed by atoms with Crippen LogP contribution in [0.1, 0.15) is 6.42 Å². The number of likely N-dealkylation sites (N-methyl/N-ethyl adjacent to an activating group) is 1. The van der Waals surface area contributed by atoms with Crippen LogP contribution in [0.4, 0.5) is 17.1 Å². The summed E-state index contributed by atoms with van der Waals surface area (Å²) >= 11 is 0. The molecule has 0 saturated heterocycles. The van der Waals surface area contributed by atoms with Crippen LogP contribution in [0.2, 0.25) is 0 Å². The maximum Gasteiger partial charge on any atom is 0.372 e. The van der Waals surface area contributed by atoms with E-state index in [2.05, 4.69) is 0 Å². The van der Waals surface area contributed by atoms with Crippen molar-refractivity contribution in [3.63, 3.8) is 0 Å². The van der Waals surface area contributed by atoms with Gasteiger partial charge in [0.2, 0.25) is 0 Å². The van der Waals surface area contributed by atoms with Gasteiger partial charge >= 0.3 is 16.5 Å². The normalized spacial score (nSPS) is 12.7. The first kappa shape index (κ1) is 24.3. The van der Waals surface area contributed by atoms with Gasteiger partial charge in [-0.2, -0.15) is 21.9 Å². The molecule has 0 aliphatic carbocycles. The molecule has 7 nitrogen and oxygen atoms in total. The molecule has 0 fully saturated rings. The van der Waals surface area contributed by atoms with Crippen LogP contribution in [-0.4, -0.2) is 84.3 Å². The minimum Gasteiger partial charge on any atom is -0.544 e. The number of hydrogen-bond acceptors (Lipinski definition) is 5. The predicted octanol–water partition coefficient (Wildman–Crippen LogP) is -0.883. The van der Waals surface area contributed by atoms with Gasteiger partial charge in [0.15, 0.2) is 6.67 Å². The van der Waals surface area contributed by atoms with Crippen molar-refractivity contribution in [2.75, 3.05) is 54.5 Å². The summed E-state index contributed by atoms with van der Waals surface area (Å²) in [7, 11) is 0.931. The lowest BCUT2D eigenvalue weighted by molar-refractivity contribution is -0.884. The average Bonchev–Trinajstić information content (AvgIpc) is 2.32. The number of carboxylic acid groups (broad SMARTS) is 1. The highest BCUT2D eigenvalue weighted by molar-refractivity contribution is 7.84. The number of rotatable bonds is 9. The number of carboxylic acids is 1. The minimum absolute atomic E-state index is 0.0481. The summed E-state index contributed by atoms with van der Waals surface area (Å²) in [6.07, 6.45) is 0.351. The maximum absolute atomic E-state index is 12.0. The SMILES string of the molecule is CN(C)C(F)(F)CF.C[N+](C)(CCCNS(=O)(=O)F)CC(=O)[O-]. The van der Waals surface area contributed by atoms with Gasteiger partial charge in [0.1, 0.15) is 6.54 Å². The van der Waals surface area contributed by atoms with E-state index in [1.807, 2.05) is 0 Å². The first-order valence-corrected chi connectivity index (χ1v) is 7.83. The summed E-state index contributed by atoms with van der Waals surface area (Å²) in [4.78, 5) is 10.8. The molecule has 0 aliphatic heterocycles. The summed E-state index contributed by atoms with van der Waals surface area (Å²) in [6, 6.07) is -3.29. The Morgan fingerprint density at radius 1 is 1.30 bits per heavy atom. The molecular weight excluding hydrogens is 346 g/mol. The molecule has 0 spiro atoms. The van der Waals surface area contributed by atoms with Crippen molar-refractivity contribution in [3.8, 4) is 0 Å². The molecule has 0 amide bonds. The Kier molecular flexibility index (Phi) is 10.6. The van der Waals surface area contributed by atoms with Gasteiger partial charge < -0.3 is 14.4 Å². The third-order valence-corrected chi connectivity index (χ3v) is 3.14. The first-order valence-electron chi connectivity index (χ1n) is 6.45. The van der Waals surface area contributed by atoms with Crippen molar-refractivity contribution in [2.24, 2.45) is 0 Å². The zero-order valence-corrected chi connectivity index (χ0v) is 14.3. The predicted molar refractivity (Wildman–Crippen MR) is 74.1 cm³/mol. The highest BCUT2D eigenvalue weighted by Gasteiger charge is 2.31. The Morgan fingerprint density at radius 3 is 2.04 bits per heavy atom. The largest absolute Gasteiger partial charge is 0.544 e. The average molecular weight is 369 g/mol. The molecule has 1 N–H and O–H groups in total. The number of quaternary nitrogens is 1. The van der Waals surface area contributed by atoms with Crippen molar-refractivity contribution in [1.29, 1.82) is 0 Å². The summed E-state index contributed by atoms with van der Waals surface area (Å²) in [6.45, 7) is -1.42. The van der Waals surface area contributed by atoms with E-state index in [1.165, 1.54) is 0 Å². The van der Waals surface area contributed by atoms with Gasteiger partial charge in [0.05, 0.1) is 26.6 Å². The number of carbonyl (C=O) groups is 1. The summed E-state index contributed by atoms with van der Waals surface area (Å²) in [5.41, 5.74) is 0. The number of halogens is 4. The first-order chi connectivity index (χ1) is 10.1. The van der Waals surface area contributed by atoms with Gasteiger partial charge in [-0.25, -0.2) is 9.29 Å². The fraction of sp³-hybridized carbons (Fsp3) is 0.909. The standard InChI is InChI=1S/C7H15FN2O4S.C4H8F3N/c1-10(2,6-7(11)12)5-3-4-9-15(8,13)14;1-8(2)4(6,7)3-5/h9H,3-6H2,1-2H3;3H2,1-2H3. The van der Waals surface area contributed by atoms with Crippen molar-refractivity contribution in [3.05, 3.63) is 0 Å². The van der Waals surface area contributed by atoms with Gasteiger partial charge in [-0.1, -0.05) is 3.89 Å². The second-order valence-corrected chi connectivity index (χ2v) is 6.73. The fourth-order valence-electron chi connectivity index (χ4n) is 1.25. The molecule has 0 heterocycles. The Balaban J connectivity index is 0. The Hall–Kier alpha value is -0.980.